The summed E-state index contributed by atoms with van der Waals surface area (Å²) in [6.45, 7) is 5.41. The van der Waals surface area contributed by atoms with E-state index in [0.29, 0.717) is 37.7 Å². The van der Waals surface area contributed by atoms with Gasteiger partial charge < -0.3 is 34.6 Å². The highest BCUT2D eigenvalue weighted by Crippen LogP contribution is 2.54. The number of carbonyl (C=O) groups is 2. The smallest absolute Gasteiger partial charge is 0.306 e. The highest BCUT2D eigenvalue weighted by Gasteiger charge is 2.51. The normalized spacial score (nSPS) is 48.7. The number of fused-ring (bicyclic) bond motifs is 5. The molecule has 9 nitrogen and oxygen atoms in total. The molecule has 2 aliphatic heterocycles. The first kappa shape index (κ1) is 28.9. The lowest BCUT2D eigenvalue weighted by Gasteiger charge is -2.40. The fourth-order valence-electron chi connectivity index (χ4n) is 7.52. The molecule has 39 heavy (non-hydrogen) atoms. The zero-order valence-corrected chi connectivity index (χ0v) is 23.1. The molecule has 3 aliphatic carbocycles. The van der Waals surface area contributed by atoms with Crippen LogP contribution in [-0.2, 0) is 23.8 Å². The number of esters is 1. The average molecular weight is 549 g/mol. The van der Waals surface area contributed by atoms with Crippen molar-refractivity contribution >= 4 is 11.8 Å². The van der Waals surface area contributed by atoms with Crippen LogP contribution in [0, 0.1) is 35.5 Å². The fourth-order valence-corrected chi connectivity index (χ4v) is 7.52. The third-order valence-corrected chi connectivity index (χ3v) is 9.95. The first-order chi connectivity index (χ1) is 18.6. The summed E-state index contributed by atoms with van der Waals surface area (Å²) < 4.78 is 17.6. The molecule has 2 saturated heterocycles. The van der Waals surface area contributed by atoms with E-state index in [2.05, 4.69) is 18.2 Å². The molecule has 5 rings (SSSR count). The molecule has 218 valence electrons. The van der Waals surface area contributed by atoms with E-state index in [9.17, 15) is 30.0 Å². The number of rotatable bonds is 3. The summed E-state index contributed by atoms with van der Waals surface area (Å²) >= 11 is 0. The number of hydrogen-bond acceptors (Lipinski definition) is 9. The SMILES string of the molecule is CC[C@H]1CCC[C@H](O)[C@@H](C)C(=O)C2=C[C@@H]3[C@@H](C=C[C@@H]4C[C@@H](OC5OC(C)C(O)C(O)C5O)C[C@@H]34)[C@@H]2CC(=O)O1. The number of ether oxygens (including phenoxy) is 3. The second-order valence-electron chi connectivity index (χ2n) is 12.4. The monoisotopic (exact) mass is 548 g/mol. The molecule has 14 atom stereocenters. The van der Waals surface area contributed by atoms with Gasteiger partial charge in [0.25, 0.3) is 0 Å². The number of hydrogen-bond donors (Lipinski definition) is 4. The molecule has 9 heteroatoms. The van der Waals surface area contributed by atoms with E-state index in [1.54, 1.807) is 13.8 Å². The van der Waals surface area contributed by atoms with Crippen LogP contribution in [0.25, 0.3) is 0 Å². The van der Waals surface area contributed by atoms with Crippen LogP contribution in [0.15, 0.2) is 23.8 Å². The Labute approximate surface area is 230 Å². The van der Waals surface area contributed by atoms with Crippen molar-refractivity contribution in [3.63, 3.8) is 0 Å². The van der Waals surface area contributed by atoms with Gasteiger partial charge >= 0.3 is 5.97 Å². The molecule has 0 radical (unpaired) electrons. The number of cyclic esters (lactones) is 1. The van der Waals surface area contributed by atoms with Gasteiger partial charge in [0.15, 0.2) is 12.1 Å². The molecule has 0 amide bonds. The highest BCUT2D eigenvalue weighted by molar-refractivity contribution is 5.99. The number of ketones is 1. The summed E-state index contributed by atoms with van der Waals surface area (Å²) in [4.78, 5) is 26.7. The van der Waals surface area contributed by atoms with E-state index in [1.165, 1.54) is 0 Å². The Bertz CT molecular complexity index is 977. The Kier molecular flexibility index (Phi) is 8.67. The van der Waals surface area contributed by atoms with Crippen molar-refractivity contribution in [2.45, 2.75) is 115 Å². The van der Waals surface area contributed by atoms with Crippen LogP contribution in [0.4, 0.5) is 0 Å². The maximum absolute atomic E-state index is 13.6. The quantitative estimate of drug-likeness (QED) is 0.308. The molecule has 3 fully saturated rings. The molecule has 4 N–H and O–H groups in total. The molecule has 0 aromatic heterocycles. The molecule has 5 aliphatic rings. The van der Waals surface area contributed by atoms with Gasteiger partial charge in [-0.2, -0.15) is 0 Å². The first-order valence-corrected chi connectivity index (χ1v) is 14.8. The molecule has 0 spiro atoms. The van der Waals surface area contributed by atoms with Crippen molar-refractivity contribution in [2.24, 2.45) is 35.5 Å². The number of allylic oxidation sites excluding steroid dienone is 4. The molecule has 0 aromatic rings. The van der Waals surface area contributed by atoms with E-state index in [1.807, 2.05) is 6.92 Å². The Morgan fingerprint density at radius 3 is 2.49 bits per heavy atom. The third kappa shape index (κ3) is 5.63. The fraction of sp³-hybridized carbons (Fsp3) is 0.800. The largest absolute Gasteiger partial charge is 0.462 e. The van der Waals surface area contributed by atoms with Gasteiger partial charge in [-0.3, -0.25) is 9.59 Å². The lowest BCUT2D eigenvalue weighted by molar-refractivity contribution is -0.303. The summed E-state index contributed by atoms with van der Waals surface area (Å²) in [5.74, 6) is -0.774. The predicted molar refractivity (Wildman–Crippen MR) is 140 cm³/mol. The maximum atomic E-state index is 13.6. The van der Waals surface area contributed by atoms with Crippen LogP contribution in [0.5, 0.6) is 0 Å². The van der Waals surface area contributed by atoms with Crippen molar-refractivity contribution in [2.75, 3.05) is 0 Å². The zero-order chi connectivity index (χ0) is 28.0. The first-order valence-electron chi connectivity index (χ1n) is 14.8. The molecule has 1 saturated carbocycles. The lowest BCUT2D eigenvalue weighted by Crippen LogP contribution is -2.57. The Balaban J connectivity index is 1.34. The minimum Gasteiger partial charge on any atom is -0.462 e. The molecular formula is C30H44O9. The summed E-state index contributed by atoms with van der Waals surface area (Å²) in [6.07, 6.45) is 3.74. The van der Waals surface area contributed by atoms with E-state index in [-0.39, 0.29) is 60.0 Å². The van der Waals surface area contributed by atoms with Gasteiger partial charge in [0.2, 0.25) is 0 Å². The van der Waals surface area contributed by atoms with Crippen molar-refractivity contribution in [3.05, 3.63) is 23.8 Å². The third-order valence-electron chi connectivity index (χ3n) is 9.95. The van der Waals surface area contributed by atoms with Crippen LogP contribution in [0.1, 0.15) is 65.7 Å². The number of aliphatic hydroxyl groups is 4. The van der Waals surface area contributed by atoms with Gasteiger partial charge in [-0.15, -0.1) is 0 Å². The summed E-state index contributed by atoms with van der Waals surface area (Å²) in [7, 11) is 0. The van der Waals surface area contributed by atoms with Crippen LogP contribution in [-0.4, -0.2) is 81.2 Å². The molecular weight excluding hydrogens is 504 g/mol. The second-order valence-corrected chi connectivity index (χ2v) is 12.4. The van der Waals surface area contributed by atoms with E-state index in [4.69, 9.17) is 14.2 Å². The zero-order valence-electron chi connectivity index (χ0n) is 23.1. The Morgan fingerprint density at radius 1 is 0.974 bits per heavy atom. The van der Waals surface area contributed by atoms with Crippen molar-refractivity contribution in [1.82, 2.24) is 0 Å². The predicted octanol–water partition coefficient (Wildman–Crippen LogP) is 2.05. The minimum atomic E-state index is -1.35. The van der Waals surface area contributed by atoms with E-state index < -0.39 is 42.7 Å². The van der Waals surface area contributed by atoms with Gasteiger partial charge in [-0.05, 0) is 74.7 Å². The number of carbonyl (C=O) groups excluding carboxylic acids is 2. The average Bonchev–Trinajstić information content (AvgIpc) is 3.49. The van der Waals surface area contributed by atoms with Crippen molar-refractivity contribution in [1.29, 1.82) is 0 Å². The number of aliphatic hydroxyl groups excluding tert-OH is 4. The van der Waals surface area contributed by atoms with Crippen molar-refractivity contribution in [3.8, 4) is 0 Å². The van der Waals surface area contributed by atoms with Gasteiger partial charge in [0.05, 0.1) is 24.7 Å². The van der Waals surface area contributed by atoms with Gasteiger partial charge in [-0.25, -0.2) is 0 Å². The highest BCUT2D eigenvalue weighted by atomic mass is 16.7. The summed E-state index contributed by atoms with van der Waals surface area (Å²) in [6, 6.07) is 0. The Morgan fingerprint density at radius 2 is 1.74 bits per heavy atom. The van der Waals surface area contributed by atoms with E-state index >= 15 is 0 Å². The minimum absolute atomic E-state index is 0.0163. The lowest BCUT2D eigenvalue weighted by atomic mass is 9.70. The van der Waals surface area contributed by atoms with Crippen LogP contribution < -0.4 is 0 Å². The molecule has 0 aromatic carbocycles. The van der Waals surface area contributed by atoms with Gasteiger partial charge in [0, 0.05) is 11.8 Å². The summed E-state index contributed by atoms with van der Waals surface area (Å²) in [5.41, 5.74) is 0.633. The van der Waals surface area contributed by atoms with E-state index in [0.717, 1.165) is 6.42 Å². The maximum Gasteiger partial charge on any atom is 0.306 e. The molecule has 5 unspecified atom stereocenters. The molecule has 2 heterocycles. The van der Waals surface area contributed by atoms with Crippen LogP contribution in [0.3, 0.4) is 0 Å². The Hall–Kier alpha value is -1.62. The van der Waals surface area contributed by atoms with Gasteiger partial charge in [0.1, 0.15) is 24.4 Å². The number of Topliss-reactive ketones (excluding diaryl/α,β-unsaturated/α-hetero) is 1. The summed E-state index contributed by atoms with van der Waals surface area (Å²) in [5, 5.41) is 41.4. The van der Waals surface area contributed by atoms with Crippen molar-refractivity contribution < 1.29 is 44.2 Å². The van der Waals surface area contributed by atoms with Crippen LogP contribution in [0.2, 0.25) is 0 Å². The van der Waals surface area contributed by atoms with Crippen LogP contribution >= 0.6 is 0 Å². The topological polar surface area (TPSA) is 143 Å². The standard InChI is InChI=1S/C30H44O9/c1-4-17-6-5-7-24(31)14(2)26(33)23-12-21-19(22(23)13-25(32)38-17)9-8-16-10-18(11-20(16)21)39-30-29(36)28(35)27(34)15(3)37-30/h8-9,12,14-22,24,27-31,34-36H,4-7,10-11,13H2,1-3H3/t14-,15?,16-,17+,18-,19-,20-,21-,22+,24+,27?,28?,29?,30?/m1/s1. The molecule has 0 bridgehead atoms. The van der Waals surface area contributed by atoms with Gasteiger partial charge in [-0.1, -0.05) is 32.1 Å². The second kappa shape index (κ2) is 11.7.